The summed E-state index contributed by atoms with van der Waals surface area (Å²) < 4.78 is 13.4. The third kappa shape index (κ3) is 3.39. The van der Waals surface area contributed by atoms with Gasteiger partial charge in [-0.1, -0.05) is 18.2 Å². The van der Waals surface area contributed by atoms with Crippen molar-refractivity contribution in [3.8, 4) is 0 Å². The number of benzene rings is 2. The fourth-order valence-electron chi connectivity index (χ4n) is 4.07. The predicted octanol–water partition coefficient (Wildman–Crippen LogP) is 4.06. The van der Waals surface area contributed by atoms with Gasteiger partial charge in [-0.25, -0.2) is 4.39 Å². The number of hydrogen-bond acceptors (Lipinski definition) is 3. The molecule has 5 nitrogen and oxygen atoms in total. The number of para-hydroxylation sites is 1. The average Bonchev–Trinajstić information content (AvgIpc) is 3.18. The van der Waals surface area contributed by atoms with Crippen molar-refractivity contribution in [2.75, 3.05) is 30.3 Å². The molecule has 0 fully saturated rings. The van der Waals surface area contributed by atoms with Gasteiger partial charge in [-0.05, 0) is 42.3 Å². The minimum absolute atomic E-state index is 0.0358. The zero-order chi connectivity index (χ0) is 20.7. The summed E-state index contributed by atoms with van der Waals surface area (Å²) in [6.07, 6.45) is 4.67. The number of anilines is 1. The Hall–Kier alpha value is -3.06. The molecule has 2 aliphatic rings. The smallest absolute Gasteiger partial charge is 0.242 e. The number of carbonyl (C=O) groups excluding carboxylic acids is 2. The SMILES string of the molecule is O=C(CN1C(=O)CSc2ccccc21)N1CC=C(c2c[nH]c3cc(F)ccc23)CC1. The molecular formula is C23H20FN3O2S. The summed E-state index contributed by atoms with van der Waals surface area (Å²) in [5.74, 6) is 0.000348. The molecule has 3 aromatic rings. The maximum Gasteiger partial charge on any atom is 0.242 e. The Labute approximate surface area is 177 Å². The lowest BCUT2D eigenvalue weighted by Gasteiger charge is -2.32. The Morgan fingerprint density at radius 2 is 2.07 bits per heavy atom. The van der Waals surface area contributed by atoms with E-state index in [0.717, 1.165) is 39.0 Å². The van der Waals surface area contributed by atoms with E-state index in [1.165, 1.54) is 23.9 Å². The van der Waals surface area contributed by atoms with Crippen LogP contribution in [-0.4, -0.2) is 47.1 Å². The number of hydrogen-bond donors (Lipinski definition) is 1. The van der Waals surface area contributed by atoms with Gasteiger partial charge in [0.1, 0.15) is 12.4 Å². The van der Waals surface area contributed by atoms with Gasteiger partial charge in [-0.15, -0.1) is 11.8 Å². The van der Waals surface area contributed by atoms with Gasteiger partial charge in [0.2, 0.25) is 11.8 Å². The van der Waals surface area contributed by atoms with Crippen molar-refractivity contribution in [3.05, 3.63) is 66.1 Å². The number of nitrogens with zero attached hydrogens (tertiary/aromatic N) is 2. The van der Waals surface area contributed by atoms with Crippen LogP contribution in [0.1, 0.15) is 12.0 Å². The fraction of sp³-hybridized carbons (Fsp3) is 0.217. The van der Waals surface area contributed by atoms with E-state index >= 15 is 0 Å². The monoisotopic (exact) mass is 421 g/mol. The summed E-state index contributed by atoms with van der Waals surface area (Å²) in [6.45, 7) is 1.16. The first kappa shape index (κ1) is 18.9. The molecule has 0 unspecified atom stereocenters. The zero-order valence-corrected chi connectivity index (χ0v) is 17.0. The topological polar surface area (TPSA) is 56.4 Å². The highest BCUT2D eigenvalue weighted by molar-refractivity contribution is 8.00. The molecule has 0 aliphatic carbocycles. The lowest BCUT2D eigenvalue weighted by Crippen LogP contribution is -2.46. The number of amides is 2. The van der Waals surface area contributed by atoms with Gasteiger partial charge in [0, 0.05) is 40.6 Å². The highest BCUT2D eigenvalue weighted by Crippen LogP contribution is 2.35. The molecular weight excluding hydrogens is 401 g/mol. The molecule has 3 heterocycles. The molecule has 2 amide bonds. The van der Waals surface area contributed by atoms with Gasteiger partial charge < -0.3 is 14.8 Å². The highest BCUT2D eigenvalue weighted by Gasteiger charge is 2.28. The van der Waals surface area contributed by atoms with Crippen molar-refractivity contribution < 1.29 is 14.0 Å². The molecule has 2 aromatic carbocycles. The normalized spacial score (nSPS) is 16.6. The van der Waals surface area contributed by atoms with E-state index in [0.29, 0.717) is 18.8 Å². The second-order valence-corrected chi connectivity index (χ2v) is 8.46. The van der Waals surface area contributed by atoms with Crippen LogP contribution >= 0.6 is 11.8 Å². The van der Waals surface area contributed by atoms with E-state index in [2.05, 4.69) is 11.1 Å². The van der Waals surface area contributed by atoms with Crippen molar-refractivity contribution in [2.45, 2.75) is 11.3 Å². The molecule has 7 heteroatoms. The van der Waals surface area contributed by atoms with E-state index in [9.17, 15) is 14.0 Å². The van der Waals surface area contributed by atoms with E-state index in [4.69, 9.17) is 0 Å². The standard InChI is InChI=1S/C23H20FN3O2S/c24-16-5-6-17-18(12-25-19(17)11-16)15-7-9-26(10-8-15)22(28)13-27-20-3-1-2-4-21(20)30-14-23(27)29/h1-7,11-12,25H,8-10,13-14H2. The van der Waals surface area contributed by atoms with E-state index in [1.807, 2.05) is 30.5 Å². The number of carbonyl (C=O) groups is 2. The van der Waals surface area contributed by atoms with E-state index < -0.39 is 0 Å². The van der Waals surface area contributed by atoms with Crippen molar-refractivity contribution in [1.82, 2.24) is 9.88 Å². The van der Waals surface area contributed by atoms with Crippen LogP contribution in [0.4, 0.5) is 10.1 Å². The molecule has 0 saturated heterocycles. The largest absolute Gasteiger partial charge is 0.360 e. The molecule has 0 atom stereocenters. The minimum atomic E-state index is -0.266. The fourth-order valence-corrected chi connectivity index (χ4v) is 5.00. The Bertz CT molecular complexity index is 1190. The van der Waals surface area contributed by atoms with Crippen LogP contribution in [-0.2, 0) is 9.59 Å². The molecule has 30 heavy (non-hydrogen) atoms. The van der Waals surface area contributed by atoms with Gasteiger partial charge in [0.05, 0.1) is 11.4 Å². The van der Waals surface area contributed by atoms with Gasteiger partial charge in [-0.2, -0.15) is 0 Å². The number of rotatable bonds is 3. The molecule has 152 valence electrons. The van der Waals surface area contributed by atoms with Crippen molar-refractivity contribution in [3.63, 3.8) is 0 Å². The van der Waals surface area contributed by atoms with Gasteiger partial charge in [0.15, 0.2) is 0 Å². The molecule has 0 bridgehead atoms. The molecule has 0 saturated carbocycles. The van der Waals surface area contributed by atoms with E-state index in [-0.39, 0.29) is 24.2 Å². The van der Waals surface area contributed by atoms with Crippen LogP contribution in [0.15, 0.2) is 59.6 Å². The minimum Gasteiger partial charge on any atom is -0.360 e. The predicted molar refractivity (Wildman–Crippen MR) is 117 cm³/mol. The first-order valence-electron chi connectivity index (χ1n) is 9.86. The first-order chi connectivity index (χ1) is 14.6. The summed E-state index contributed by atoms with van der Waals surface area (Å²) in [6, 6.07) is 12.4. The molecule has 5 rings (SSSR count). The summed E-state index contributed by atoms with van der Waals surface area (Å²) in [7, 11) is 0. The Morgan fingerprint density at radius 1 is 1.20 bits per heavy atom. The Morgan fingerprint density at radius 3 is 2.90 bits per heavy atom. The number of thioether (sulfide) groups is 1. The van der Waals surface area contributed by atoms with Gasteiger partial charge in [0.25, 0.3) is 0 Å². The lowest BCUT2D eigenvalue weighted by molar-refractivity contribution is -0.130. The molecule has 1 N–H and O–H groups in total. The number of H-pyrrole nitrogens is 1. The molecule has 1 aromatic heterocycles. The van der Waals surface area contributed by atoms with Crippen molar-refractivity contribution >= 4 is 45.7 Å². The third-order valence-corrected chi connectivity index (χ3v) is 6.70. The zero-order valence-electron chi connectivity index (χ0n) is 16.2. The third-order valence-electron chi connectivity index (χ3n) is 5.65. The van der Waals surface area contributed by atoms with Crippen LogP contribution in [0.3, 0.4) is 0 Å². The van der Waals surface area contributed by atoms with Crippen LogP contribution < -0.4 is 4.90 Å². The summed E-state index contributed by atoms with van der Waals surface area (Å²) >= 11 is 1.51. The summed E-state index contributed by atoms with van der Waals surface area (Å²) in [5, 5.41) is 0.982. The first-order valence-corrected chi connectivity index (χ1v) is 10.8. The van der Waals surface area contributed by atoms with Crippen molar-refractivity contribution in [1.29, 1.82) is 0 Å². The number of aromatic nitrogens is 1. The lowest BCUT2D eigenvalue weighted by atomic mass is 9.99. The van der Waals surface area contributed by atoms with Crippen molar-refractivity contribution in [2.24, 2.45) is 0 Å². The number of fused-ring (bicyclic) bond motifs is 2. The Kier molecular flexibility index (Phi) is 4.83. The quantitative estimate of drug-likeness (QED) is 0.694. The van der Waals surface area contributed by atoms with Gasteiger partial charge >= 0.3 is 0 Å². The number of nitrogens with one attached hydrogen (secondary N) is 1. The van der Waals surface area contributed by atoms with Gasteiger partial charge in [-0.3, -0.25) is 9.59 Å². The summed E-state index contributed by atoms with van der Waals surface area (Å²) in [4.78, 5) is 32.9. The summed E-state index contributed by atoms with van der Waals surface area (Å²) in [5.41, 5.74) is 3.78. The molecule has 2 aliphatic heterocycles. The average molecular weight is 421 g/mol. The van der Waals surface area contributed by atoms with Crippen LogP contribution in [0.5, 0.6) is 0 Å². The Balaban J connectivity index is 1.31. The second kappa shape index (κ2) is 7.65. The maximum atomic E-state index is 13.4. The van der Waals surface area contributed by atoms with Crippen LogP contribution in [0, 0.1) is 5.82 Å². The van der Waals surface area contributed by atoms with E-state index in [1.54, 1.807) is 15.9 Å². The number of halogens is 1. The van der Waals surface area contributed by atoms with Crippen LogP contribution in [0.25, 0.3) is 16.5 Å². The molecule has 0 radical (unpaired) electrons. The van der Waals surface area contributed by atoms with Crippen LogP contribution in [0.2, 0.25) is 0 Å². The number of aromatic amines is 1. The highest BCUT2D eigenvalue weighted by atomic mass is 32.2. The molecule has 0 spiro atoms. The second-order valence-electron chi connectivity index (χ2n) is 7.45. The maximum absolute atomic E-state index is 13.4.